The van der Waals surface area contributed by atoms with E-state index in [1.807, 2.05) is 36.9 Å². The van der Waals surface area contributed by atoms with Crippen LogP contribution in [0.25, 0.3) is 17.1 Å². The van der Waals surface area contributed by atoms with Crippen LogP contribution in [0.3, 0.4) is 0 Å². The molecule has 3 aromatic rings. The molecule has 9 nitrogen and oxygen atoms in total. The van der Waals surface area contributed by atoms with Crippen LogP contribution in [0, 0.1) is 44.0 Å². The second kappa shape index (κ2) is 16.1. The van der Waals surface area contributed by atoms with Gasteiger partial charge >= 0.3 is 18.6 Å². The molecule has 0 saturated carbocycles. The number of imidazole rings is 1. The molecule has 11 heteroatoms. The Bertz CT molecular complexity index is 1150. The van der Waals surface area contributed by atoms with Crippen molar-refractivity contribution in [3.8, 4) is 11.6 Å². The van der Waals surface area contributed by atoms with E-state index in [2.05, 4.69) is 16.7 Å². The Hall–Kier alpha value is -1.95. The summed E-state index contributed by atoms with van der Waals surface area (Å²) in [5.74, 6) is 1.73. The van der Waals surface area contributed by atoms with Gasteiger partial charge in [0.2, 0.25) is 5.88 Å². The normalized spacial score (nSPS) is 14.3. The molecule has 2 N–H and O–H groups in total. The van der Waals surface area contributed by atoms with Gasteiger partial charge in [-0.25, -0.2) is 4.52 Å². The number of ether oxygens (including phenoxy) is 2. The molecule has 4 heterocycles. The molecule has 197 valence electrons. The third kappa shape index (κ3) is 9.70. The Balaban J connectivity index is 0.000000694. The second-order valence-corrected chi connectivity index (χ2v) is 8.34. The zero-order chi connectivity index (χ0) is 24.7. The van der Waals surface area contributed by atoms with E-state index in [4.69, 9.17) is 20.9 Å². The topological polar surface area (TPSA) is 117 Å². The van der Waals surface area contributed by atoms with E-state index in [-0.39, 0.29) is 68.7 Å². The molecule has 0 unspecified atom stereocenters. The van der Waals surface area contributed by atoms with Crippen LogP contribution < -0.4 is 4.74 Å². The van der Waals surface area contributed by atoms with Crippen LogP contribution in [0.2, 0.25) is 0 Å². The molecule has 1 radical (unpaired) electrons. The van der Waals surface area contributed by atoms with E-state index in [0.717, 1.165) is 31.9 Å². The predicted molar refractivity (Wildman–Crippen MR) is 139 cm³/mol. The maximum Gasteiger partial charge on any atom is 2.00 e. The number of rotatable bonds is 5. The largest absolute Gasteiger partial charge is 2.00 e. The van der Waals surface area contributed by atoms with Crippen molar-refractivity contribution in [2.75, 3.05) is 26.3 Å². The number of carbonyl (C=O) groups is 1. The number of hydrogen-bond acceptors (Lipinski definition) is 6. The number of carbonyl (C=O) groups excluding carboxylic acids is 1. The molecule has 0 amide bonds. The molecule has 1 spiro atoms. The van der Waals surface area contributed by atoms with Crippen molar-refractivity contribution in [3.63, 3.8) is 0 Å². The molecule has 2 aliphatic heterocycles. The van der Waals surface area contributed by atoms with Crippen molar-refractivity contribution >= 4 is 17.2 Å². The third-order valence-electron chi connectivity index (χ3n) is 5.51. The third-order valence-corrected chi connectivity index (χ3v) is 5.51. The number of nitrogens with one attached hydrogen (secondary N) is 2. The van der Waals surface area contributed by atoms with Gasteiger partial charge < -0.3 is 38.3 Å². The maximum absolute atomic E-state index is 11.2. The van der Waals surface area contributed by atoms with Crippen LogP contribution in [0.4, 0.5) is 5.82 Å². The molecule has 2 aromatic heterocycles. The van der Waals surface area contributed by atoms with Gasteiger partial charge in [0.05, 0.1) is 18.9 Å². The van der Waals surface area contributed by atoms with Crippen LogP contribution in [0.5, 0.6) is 11.6 Å². The molecule has 2 aliphatic rings. The summed E-state index contributed by atoms with van der Waals surface area (Å²) >= 11 is 0. The Morgan fingerprint density at radius 1 is 1.24 bits per heavy atom. The quantitative estimate of drug-likeness (QED) is 0.293. The Labute approximate surface area is 255 Å². The standard InChI is InChI=1S/C15H13N4O2.C8H13N2O.C2H6.CH3.U.V/c1-10(20)7-11-3-2-4-12(8-11)21-15-6-5-14-17-13(16)9-19(14)18-15;1-7(9)10-3-2-8(4-10)5-11-6-8;1-2;;;/h2-6,8-9,16H,7H2,1H3;9H,1-6H2;1-2H3;1H3;;/q2*-1;;-1;;+2. The molecule has 2 fully saturated rings. The van der Waals surface area contributed by atoms with Crippen molar-refractivity contribution in [1.82, 2.24) is 19.5 Å². The SMILES string of the molecule is C=C([NH-])N1CCC2(COC2)C1.CC.CC(=O)Cc1cccc(Oc2ccc3nc([NH-])cn3n2)c1.[CH3-].[U].[V+2]. The molecule has 0 bridgehead atoms. The second-order valence-electron chi connectivity index (χ2n) is 8.34. The zero-order valence-corrected chi connectivity index (χ0v) is 27.5. The van der Waals surface area contributed by atoms with Gasteiger partial charge in [0.15, 0.2) is 0 Å². The number of ketones is 1. The van der Waals surface area contributed by atoms with Gasteiger partial charge in [-0.3, -0.25) is 4.79 Å². The summed E-state index contributed by atoms with van der Waals surface area (Å²) in [6.07, 6.45) is 3.06. The molecular weight excluding hydrogens is 733 g/mol. The van der Waals surface area contributed by atoms with Gasteiger partial charge in [-0.2, -0.15) is 0 Å². The molecule has 0 aliphatic carbocycles. The van der Waals surface area contributed by atoms with Crippen molar-refractivity contribution < 1.29 is 63.9 Å². The average molecular weight is 769 g/mol. The molecule has 2 saturated heterocycles. The van der Waals surface area contributed by atoms with Gasteiger partial charge in [-0.15, -0.1) is 11.7 Å². The fourth-order valence-electron chi connectivity index (χ4n) is 3.84. The summed E-state index contributed by atoms with van der Waals surface area (Å²) in [7, 11) is 0. The first-order valence-electron chi connectivity index (χ1n) is 11.4. The van der Waals surface area contributed by atoms with E-state index in [9.17, 15) is 4.79 Å². The number of fused-ring (bicyclic) bond motifs is 1. The zero-order valence-electron chi connectivity index (χ0n) is 22.0. The summed E-state index contributed by atoms with van der Waals surface area (Å²) in [6, 6.07) is 10.8. The van der Waals surface area contributed by atoms with E-state index in [0.29, 0.717) is 34.9 Å². The first-order valence-corrected chi connectivity index (χ1v) is 11.4. The smallest absolute Gasteiger partial charge is 0.483 e. The number of nitrogens with zero attached hydrogens (tertiary/aromatic N) is 4. The van der Waals surface area contributed by atoms with Gasteiger partial charge in [0, 0.05) is 55.2 Å². The van der Waals surface area contributed by atoms with Crippen LogP contribution >= 0.6 is 0 Å². The minimum absolute atomic E-state index is 0. The number of benzene rings is 1. The number of aromatic nitrogens is 3. The van der Waals surface area contributed by atoms with Gasteiger partial charge in [0.25, 0.3) is 0 Å². The Morgan fingerprint density at radius 3 is 2.49 bits per heavy atom. The van der Waals surface area contributed by atoms with Crippen LogP contribution in [0.15, 0.2) is 55.0 Å². The number of likely N-dealkylation sites (tertiary alicyclic amines) is 1. The maximum atomic E-state index is 11.2. The van der Waals surface area contributed by atoms with Crippen molar-refractivity contribution in [2.45, 2.75) is 33.6 Å². The van der Waals surface area contributed by atoms with E-state index >= 15 is 0 Å². The van der Waals surface area contributed by atoms with Crippen LogP contribution in [0.1, 0.15) is 32.8 Å². The first-order chi connectivity index (χ1) is 16.3. The van der Waals surface area contributed by atoms with Crippen LogP contribution in [-0.2, 0) is 34.5 Å². The summed E-state index contributed by atoms with van der Waals surface area (Å²) < 4.78 is 12.4. The summed E-state index contributed by atoms with van der Waals surface area (Å²) in [4.78, 5) is 17.2. The Morgan fingerprint density at radius 2 is 1.95 bits per heavy atom. The van der Waals surface area contributed by atoms with Crippen molar-refractivity contribution in [3.05, 3.63) is 79.5 Å². The summed E-state index contributed by atoms with van der Waals surface area (Å²) in [6.45, 7) is 12.9. The molecular formula is C26H35N6O3UV-. The first kappa shape index (κ1) is 35.0. The monoisotopic (exact) mass is 768 g/mol. The van der Waals surface area contributed by atoms with Gasteiger partial charge in [0.1, 0.15) is 11.5 Å². The predicted octanol–water partition coefficient (Wildman–Crippen LogP) is 6.04. The summed E-state index contributed by atoms with van der Waals surface area (Å²) in [5.41, 5.74) is 16.7. The van der Waals surface area contributed by atoms with Crippen molar-refractivity contribution in [1.29, 1.82) is 0 Å². The minimum Gasteiger partial charge on any atom is -0.483 e. The van der Waals surface area contributed by atoms with E-state index in [1.165, 1.54) is 17.1 Å². The molecule has 0 atom stereocenters. The fraction of sp³-hybridized carbons (Fsp3) is 0.385. The van der Waals surface area contributed by atoms with E-state index < -0.39 is 0 Å². The van der Waals surface area contributed by atoms with Gasteiger partial charge in [-0.05, 0) is 56.0 Å². The van der Waals surface area contributed by atoms with Gasteiger partial charge in [-0.1, -0.05) is 31.8 Å². The number of hydrogen-bond donors (Lipinski definition) is 0. The van der Waals surface area contributed by atoms with Crippen molar-refractivity contribution in [2.24, 2.45) is 5.41 Å². The molecule has 1 aromatic carbocycles. The van der Waals surface area contributed by atoms with E-state index in [1.54, 1.807) is 25.1 Å². The molecule has 37 heavy (non-hydrogen) atoms. The molecule has 5 rings (SSSR count). The number of Topliss-reactive ketones (excluding diaryl/α,β-unsaturated/α-hetero) is 1. The Kier molecular flexibility index (Phi) is 15.3. The average Bonchev–Trinajstić information content (AvgIpc) is 3.39. The van der Waals surface area contributed by atoms with Crippen LogP contribution in [-0.4, -0.2) is 51.6 Å². The summed E-state index contributed by atoms with van der Waals surface area (Å²) in [5, 5.41) is 4.23. The minimum atomic E-state index is 0. The fourth-order valence-corrected chi connectivity index (χ4v) is 3.84.